The molecule has 4 rings (SSSR count). The van der Waals surface area contributed by atoms with Crippen molar-refractivity contribution in [2.75, 3.05) is 18.0 Å². The van der Waals surface area contributed by atoms with Gasteiger partial charge in [0, 0.05) is 18.7 Å². The van der Waals surface area contributed by atoms with Crippen LogP contribution in [0, 0.1) is 17.7 Å². The molecule has 1 aliphatic carbocycles. The molecule has 2 aromatic heterocycles. The van der Waals surface area contributed by atoms with Crippen LogP contribution in [0.15, 0.2) is 24.3 Å². The summed E-state index contributed by atoms with van der Waals surface area (Å²) >= 11 is 0. The third kappa shape index (κ3) is 6.50. The van der Waals surface area contributed by atoms with Crippen molar-refractivity contribution in [2.24, 2.45) is 0 Å². The van der Waals surface area contributed by atoms with E-state index >= 15 is 0 Å². The molecular weight excluding hydrogens is 507 g/mol. The van der Waals surface area contributed by atoms with Crippen LogP contribution in [0.3, 0.4) is 0 Å². The number of aryl methyl sites for hydroxylation is 1. The van der Waals surface area contributed by atoms with Gasteiger partial charge in [-0.3, -0.25) is 0 Å². The molecule has 0 saturated heterocycles. The molecular formula is C24H30ClFN6O3S. The van der Waals surface area contributed by atoms with Crippen molar-refractivity contribution >= 4 is 39.4 Å². The lowest BCUT2D eigenvalue weighted by molar-refractivity contribution is 0.0610. The first-order valence-electron chi connectivity index (χ1n) is 11.7. The quantitative estimate of drug-likeness (QED) is 0.395. The highest BCUT2D eigenvalue weighted by molar-refractivity contribution is 7.89. The fraction of sp³-hybridized carbons (Fsp3) is 0.458. The Balaban J connectivity index is 0.00000361. The van der Waals surface area contributed by atoms with Crippen molar-refractivity contribution in [2.45, 2.75) is 57.6 Å². The molecule has 12 heteroatoms. The van der Waals surface area contributed by atoms with Gasteiger partial charge in [-0.1, -0.05) is 31.4 Å². The number of aromatic nitrogens is 4. The molecule has 0 spiro atoms. The second kappa shape index (κ2) is 11.5. The SMILES string of the molecule is CCNS(=O)(=O)CCCn1c(-c2cccc(F)c2)nc2c(N)nc(C#CC3(O)CCCCC3)nc21.Cl. The Morgan fingerprint density at radius 2 is 1.97 bits per heavy atom. The average molecular weight is 537 g/mol. The molecule has 0 radical (unpaired) electrons. The minimum atomic E-state index is -3.42. The third-order valence-electron chi connectivity index (χ3n) is 5.95. The van der Waals surface area contributed by atoms with Crippen LogP contribution >= 0.6 is 12.4 Å². The molecule has 1 aromatic carbocycles. The molecule has 1 saturated carbocycles. The predicted octanol–water partition coefficient (Wildman–Crippen LogP) is 3.01. The summed E-state index contributed by atoms with van der Waals surface area (Å²) in [5.74, 6) is 5.89. The Hall–Kier alpha value is -2.78. The highest BCUT2D eigenvalue weighted by Crippen LogP contribution is 2.29. The first kappa shape index (κ1) is 27.8. The number of rotatable bonds is 7. The van der Waals surface area contributed by atoms with Crippen LogP contribution in [0.1, 0.15) is 51.3 Å². The third-order valence-corrected chi connectivity index (χ3v) is 7.51. The predicted molar refractivity (Wildman–Crippen MR) is 139 cm³/mol. The molecule has 9 nitrogen and oxygen atoms in total. The second-order valence-electron chi connectivity index (χ2n) is 8.71. The Labute approximate surface area is 216 Å². The summed E-state index contributed by atoms with van der Waals surface area (Å²) in [6, 6.07) is 5.95. The molecule has 4 N–H and O–H groups in total. The Bertz CT molecular complexity index is 1390. The van der Waals surface area contributed by atoms with E-state index in [1.165, 1.54) is 12.1 Å². The molecule has 1 fully saturated rings. The molecule has 0 bridgehead atoms. The summed E-state index contributed by atoms with van der Waals surface area (Å²) in [4.78, 5) is 13.4. The van der Waals surface area contributed by atoms with Crippen LogP contribution in [-0.4, -0.2) is 50.9 Å². The first-order valence-corrected chi connectivity index (χ1v) is 13.4. The van der Waals surface area contributed by atoms with E-state index in [2.05, 4.69) is 31.5 Å². The molecule has 2 heterocycles. The van der Waals surface area contributed by atoms with E-state index in [9.17, 15) is 17.9 Å². The van der Waals surface area contributed by atoms with Crippen LogP contribution in [0.25, 0.3) is 22.6 Å². The number of nitrogens with one attached hydrogen (secondary N) is 1. The van der Waals surface area contributed by atoms with Gasteiger partial charge < -0.3 is 15.4 Å². The molecule has 0 unspecified atom stereocenters. The molecule has 3 aromatic rings. The Morgan fingerprint density at radius 3 is 2.67 bits per heavy atom. The second-order valence-corrected chi connectivity index (χ2v) is 10.6. The van der Waals surface area contributed by atoms with Crippen LogP contribution in [-0.2, 0) is 16.6 Å². The van der Waals surface area contributed by atoms with Crippen molar-refractivity contribution < 1.29 is 17.9 Å². The van der Waals surface area contributed by atoms with Gasteiger partial charge in [0.15, 0.2) is 17.0 Å². The normalized spacial score (nSPS) is 15.2. The number of halogens is 2. The number of anilines is 1. The van der Waals surface area contributed by atoms with Gasteiger partial charge >= 0.3 is 0 Å². The van der Waals surface area contributed by atoms with Crippen molar-refractivity contribution in [3.05, 3.63) is 35.9 Å². The van der Waals surface area contributed by atoms with E-state index in [4.69, 9.17) is 5.73 Å². The van der Waals surface area contributed by atoms with Gasteiger partial charge in [0.25, 0.3) is 0 Å². The lowest BCUT2D eigenvalue weighted by Gasteiger charge is -2.26. The summed E-state index contributed by atoms with van der Waals surface area (Å²) in [7, 11) is -3.42. The largest absolute Gasteiger partial charge is 0.382 e. The molecule has 36 heavy (non-hydrogen) atoms. The molecule has 0 atom stereocenters. The van der Waals surface area contributed by atoms with Gasteiger partial charge in [0.2, 0.25) is 15.8 Å². The Morgan fingerprint density at radius 1 is 1.22 bits per heavy atom. The number of nitrogens with zero attached hydrogens (tertiary/aromatic N) is 4. The highest BCUT2D eigenvalue weighted by atomic mass is 35.5. The molecule has 194 valence electrons. The summed E-state index contributed by atoms with van der Waals surface area (Å²) < 4.78 is 42.4. The number of aliphatic hydroxyl groups is 1. The van der Waals surface area contributed by atoms with E-state index in [1.54, 1.807) is 23.6 Å². The zero-order chi connectivity index (χ0) is 25.1. The number of benzene rings is 1. The van der Waals surface area contributed by atoms with E-state index in [1.807, 2.05) is 0 Å². The topological polar surface area (TPSA) is 136 Å². The van der Waals surface area contributed by atoms with Crippen LogP contribution < -0.4 is 10.5 Å². The number of hydrogen-bond donors (Lipinski definition) is 3. The van der Waals surface area contributed by atoms with Gasteiger partial charge in [0.1, 0.15) is 17.2 Å². The molecule has 1 aliphatic rings. The van der Waals surface area contributed by atoms with Crippen LogP contribution in [0.5, 0.6) is 0 Å². The Kier molecular flexibility index (Phi) is 8.89. The van der Waals surface area contributed by atoms with E-state index in [0.717, 1.165) is 19.3 Å². The lowest BCUT2D eigenvalue weighted by Crippen LogP contribution is -2.29. The minimum Gasteiger partial charge on any atom is -0.382 e. The monoisotopic (exact) mass is 536 g/mol. The van der Waals surface area contributed by atoms with Crippen molar-refractivity contribution in [3.63, 3.8) is 0 Å². The number of sulfonamides is 1. The maximum absolute atomic E-state index is 14.0. The van der Waals surface area contributed by atoms with Crippen molar-refractivity contribution in [1.82, 2.24) is 24.2 Å². The molecule has 0 amide bonds. The average Bonchev–Trinajstić information content (AvgIpc) is 3.17. The molecule has 0 aliphatic heterocycles. The van der Waals surface area contributed by atoms with E-state index in [-0.39, 0.29) is 42.8 Å². The zero-order valence-corrected chi connectivity index (χ0v) is 21.6. The standard InChI is InChI=1S/C24H29FN6O3S.ClH/c1-2-27-35(33,34)15-7-14-31-22(17-8-6-9-18(25)16-17)30-20-21(26)28-19(29-23(20)31)10-13-24(32)11-4-3-5-12-24;/h6,8-9,16,27,32H,2-5,7,11-12,14-15H2,1H3,(H2,26,28,29);1H. The zero-order valence-electron chi connectivity index (χ0n) is 20.0. The summed E-state index contributed by atoms with van der Waals surface area (Å²) in [6.07, 6.45) is 4.36. The fourth-order valence-corrected chi connectivity index (χ4v) is 5.37. The van der Waals surface area contributed by atoms with Gasteiger partial charge in [-0.25, -0.2) is 32.5 Å². The maximum atomic E-state index is 14.0. The maximum Gasteiger partial charge on any atom is 0.211 e. The van der Waals surface area contributed by atoms with Crippen molar-refractivity contribution in [1.29, 1.82) is 0 Å². The number of hydrogen-bond acceptors (Lipinski definition) is 7. The number of nitrogens with two attached hydrogens (primary N) is 1. The van der Waals surface area contributed by atoms with Crippen LogP contribution in [0.4, 0.5) is 10.2 Å². The summed E-state index contributed by atoms with van der Waals surface area (Å²) in [5, 5.41) is 10.7. The van der Waals surface area contributed by atoms with Gasteiger partial charge in [-0.05, 0) is 50.2 Å². The highest BCUT2D eigenvalue weighted by Gasteiger charge is 2.27. The minimum absolute atomic E-state index is 0. The van der Waals surface area contributed by atoms with Gasteiger partial charge in [-0.2, -0.15) is 0 Å². The number of fused-ring (bicyclic) bond motifs is 1. The lowest BCUT2D eigenvalue weighted by atomic mass is 9.85. The van der Waals surface area contributed by atoms with Gasteiger partial charge in [0.05, 0.1) is 5.75 Å². The van der Waals surface area contributed by atoms with E-state index in [0.29, 0.717) is 41.9 Å². The number of imidazole rings is 1. The first-order chi connectivity index (χ1) is 16.7. The van der Waals surface area contributed by atoms with Crippen molar-refractivity contribution in [3.8, 4) is 23.2 Å². The summed E-state index contributed by atoms with van der Waals surface area (Å²) in [6.45, 7) is 2.28. The smallest absolute Gasteiger partial charge is 0.211 e. The summed E-state index contributed by atoms with van der Waals surface area (Å²) in [5.41, 5.74) is 6.31. The van der Waals surface area contributed by atoms with Gasteiger partial charge in [-0.15, -0.1) is 12.4 Å². The van der Waals surface area contributed by atoms with Crippen LogP contribution in [0.2, 0.25) is 0 Å². The number of nitrogen functional groups attached to an aromatic ring is 1. The van der Waals surface area contributed by atoms with E-state index < -0.39 is 21.4 Å². The fourth-order valence-electron chi connectivity index (χ4n) is 4.28.